The smallest absolute Gasteiger partial charge is 0.131 e. The van der Waals surface area contributed by atoms with E-state index in [4.69, 9.17) is 5.26 Å². The van der Waals surface area contributed by atoms with Gasteiger partial charge in [0.2, 0.25) is 0 Å². The maximum absolute atomic E-state index is 8.95. The van der Waals surface area contributed by atoms with Crippen molar-refractivity contribution in [1.29, 1.82) is 5.26 Å². The maximum Gasteiger partial charge on any atom is 0.131 e. The highest BCUT2D eigenvalue weighted by molar-refractivity contribution is 5.62. The van der Waals surface area contributed by atoms with Crippen LogP contribution < -0.4 is 5.32 Å². The first kappa shape index (κ1) is 12.1. The van der Waals surface area contributed by atoms with E-state index in [9.17, 15) is 0 Å². The van der Waals surface area contributed by atoms with E-state index < -0.39 is 0 Å². The van der Waals surface area contributed by atoms with Gasteiger partial charge in [-0.15, -0.1) is 0 Å². The first-order chi connectivity index (χ1) is 8.58. The molecule has 1 heterocycles. The van der Waals surface area contributed by atoms with Crippen LogP contribution in [0.5, 0.6) is 0 Å². The van der Waals surface area contributed by atoms with Crippen molar-refractivity contribution >= 4 is 11.5 Å². The van der Waals surface area contributed by atoms with E-state index in [1.54, 1.807) is 12.1 Å². The number of hydrogen-bond donors (Lipinski definition) is 1. The van der Waals surface area contributed by atoms with Crippen LogP contribution in [-0.2, 0) is 0 Å². The molecule has 0 saturated heterocycles. The second-order valence-corrected chi connectivity index (χ2v) is 4.44. The van der Waals surface area contributed by atoms with Crippen LogP contribution in [0.25, 0.3) is 0 Å². The number of nitrogens with one attached hydrogen (secondary N) is 1. The Morgan fingerprint density at radius 3 is 2.61 bits per heavy atom. The topological polar surface area (TPSA) is 48.7 Å². The molecule has 0 saturated carbocycles. The Hall–Kier alpha value is -2.34. The number of hydrogen-bond acceptors (Lipinski definition) is 3. The molecule has 0 atom stereocenters. The molecule has 90 valence electrons. The van der Waals surface area contributed by atoms with Crippen molar-refractivity contribution in [1.82, 2.24) is 4.98 Å². The van der Waals surface area contributed by atoms with Crippen LogP contribution >= 0.6 is 0 Å². The van der Waals surface area contributed by atoms with E-state index in [0.717, 1.165) is 16.9 Å². The quantitative estimate of drug-likeness (QED) is 0.867. The van der Waals surface area contributed by atoms with Crippen molar-refractivity contribution in [2.45, 2.75) is 20.8 Å². The lowest BCUT2D eigenvalue weighted by molar-refractivity contribution is 1.18. The molecule has 1 N–H and O–H groups in total. The summed E-state index contributed by atoms with van der Waals surface area (Å²) in [6, 6.07) is 11.9. The second-order valence-electron chi connectivity index (χ2n) is 4.44. The summed E-state index contributed by atoms with van der Waals surface area (Å²) in [6.45, 7) is 5.98. The molecule has 0 radical (unpaired) electrons. The molecule has 0 amide bonds. The number of anilines is 2. The van der Waals surface area contributed by atoms with Gasteiger partial charge in [0, 0.05) is 11.4 Å². The summed E-state index contributed by atoms with van der Waals surface area (Å²) in [6.07, 6.45) is 0. The monoisotopic (exact) mass is 237 g/mol. The highest BCUT2D eigenvalue weighted by Crippen LogP contribution is 2.21. The SMILES string of the molecule is Cc1ccc(C)c(Nc2cc(C#N)cc(C)n2)c1. The average Bonchev–Trinajstić information content (AvgIpc) is 2.33. The van der Waals surface area contributed by atoms with Crippen LogP contribution in [0.15, 0.2) is 30.3 Å². The Morgan fingerprint density at radius 2 is 1.89 bits per heavy atom. The molecule has 1 aromatic carbocycles. The molecule has 2 aromatic rings. The van der Waals surface area contributed by atoms with Gasteiger partial charge in [-0.05, 0) is 50.1 Å². The average molecular weight is 237 g/mol. The number of nitriles is 1. The normalized spacial score (nSPS) is 9.89. The van der Waals surface area contributed by atoms with Gasteiger partial charge in [0.15, 0.2) is 0 Å². The highest BCUT2D eigenvalue weighted by Gasteiger charge is 2.03. The molecule has 2 rings (SSSR count). The number of aromatic nitrogens is 1. The van der Waals surface area contributed by atoms with E-state index in [1.165, 1.54) is 5.56 Å². The van der Waals surface area contributed by atoms with Crippen molar-refractivity contribution in [2.24, 2.45) is 0 Å². The summed E-state index contributed by atoms with van der Waals surface area (Å²) in [5.74, 6) is 0.709. The molecule has 3 nitrogen and oxygen atoms in total. The van der Waals surface area contributed by atoms with Crippen LogP contribution in [0, 0.1) is 32.1 Å². The van der Waals surface area contributed by atoms with E-state index in [-0.39, 0.29) is 0 Å². The predicted octanol–water partition coefficient (Wildman–Crippen LogP) is 3.62. The summed E-state index contributed by atoms with van der Waals surface area (Å²) < 4.78 is 0. The van der Waals surface area contributed by atoms with E-state index >= 15 is 0 Å². The third-order valence-electron chi connectivity index (χ3n) is 2.74. The van der Waals surface area contributed by atoms with Crippen molar-refractivity contribution in [2.75, 3.05) is 5.32 Å². The zero-order chi connectivity index (χ0) is 13.1. The molecule has 0 aliphatic rings. The minimum atomic E-state index is 0.621. The summed E-state index contributed by atoms with van der Waals surface area (Å²) >= 11 is 0. The predicted molar refractivity (Wildman–Crippen MR) is 72.9 cm³/mol. The number of rotatable bonds is 2. The minimum Gasteiger partial charge on any atom is -0.340 e. The molecule has 3 heteroatoms. The number of benzene rings is 1. The molecule has 0 fully saturated rings. The molecule has 0 unspecified atom stereocenters. The minimum absolute atomic E-state index is 0.621. The maximum atomic E-state index is 8.95. The van der Waals surface area contributed by atoms with Crippen LogP contribution in [0.4, 0.5) is 11.5 Å². The Kier molecular flexibility index (Phi) is 3.29. The zero-order valence-electron chi connectivity index (χ0n) is 10.8. The molecular weight excluding hydrogens is 222 g/mol. The fourth-order valence-electron chi connectivity index (χ4n) is 1.81. The van der Waals surface area contributed by atoms with Gasteiger partial charge in [-0.2, -0.15) is 5.26 Å². The first-order valence-corrected chi connectivity index (χ1v) is 5.81. The van der Waals surface area contributed by atoms with E-state index in [2.05, 4.69) is 41.5 Å². The van der Waals surface area contributed by atoms with Gasteiger partial charge in [-0.1, -0.05) is 12.1 Å². The molecule has 0 aliphatic heterocycles. The number of aryl methyl sites for hydroxylation is 3. The van der Waals surface area contributed by atoms with Gasteiger partial charge in [0.1, 0.15) is 5.82 Å². The number of nitrogens with zero attached hydrogens (tertiary/aromatic N) is 2. The third kappa shape index (κ3) is 2.67. The Balaban J connectivity index is 2.37. The standard InChI is InChI=1S/C15H15N3/c1-10-4-5-11(2)14(6-10)18-15-8-13(9-16)7-12(3)17-15/h4-8H,1-3H3,(H,17,18). The van der Waals surface area contributed by atoms with Gasteiger partial charge in [-0.3, -0.25) is 0 Å². The van der Waals surface area contributed by atoms with Gasteiger partial charge in [0.25, 0.3) is 0 Å². The molecule has 1 aromatic heterocycles. The summed E-state index contributed by atoms with van der Waals surface area (Å²) in [5, 5.41) is 12.2. The fourth-order valence-corrected chi connectivity index (χ4v) is 1.81. The van der Waals surface area contributed by atoms with Gasteiger partial charge in [-0.25, -0.2) is 4.98 Å². The molecule has 0 spiro atoms. The molecule has 0 aliphatic carbocycles. The van der Waals surface area contributed by atoms with E-state index in [1.807, 2.05) is 13.8 Å². The van der Waals surface area contributed by atoms with Crippen molar-refractivity contribution in [3.8, 4) is 6.07 Å². The summed E-state index contributed by atoms with van der Waals surface area (Å²) in [7, 11) is 0. The highest BCUT2D eigenvalue weighted by atomic mass is 15.0. The third-order valence-corrected chi connectivity index (χ3v) is 2.74. The van der Waals surface area contributed by atoms with Crippen LogP contribution in [0.2, 0.25) is 0 Å². The van der Waals surface area contributed by atoms with Crippen molar-refractivity contribution < 1.29 is 0 Å². The largest absolute Gasteiger partial charge is 0.340 e. The van der Waals surface area contributed by atoms with Gasteiger partial charge < -0.3 is 5.32 Å². The molecular formula is C15H15N3. The lowest BCUT2D eigenvalue weighted by atomic mass is 10.1. The van der Waals surface area contributed by atoms with Crippen LogP contribution in [-0.4, -0.2) is 4.98 Å². The first-order valence-electron chi connectivity index (χ1n) is 5.81. The fraction of sp³-hybridized carbons (Fsp3) is 0.200. The lowest BCUT2D eigenvalue weighted by Gasteiger charge is -2.10. The zero-order valence-corrected chi connectivity index (χ0v) is 10.8. The van der Waals surface area contributed by atoms with Crippen LogP contribution in [0.3, 0.4) is 0 Å². The second kappa shape index (κ2) is 4.89. The number of pyridine rings is 1. The summed E-state index contributed by atoms with van der Waals surface area (Å²) in [4.78, 5) is 4.39. The van der Waals surface area contributed by atoms with Crippen LogP contribution in [0.1, 0.15) is 22.4 Å². The van der Waals surface area contributed by atoms with E-state index in [0.29, 0.717) is 11.4 Å². The van der Waals surface area contributed by atoms with Gasteiger partial charge >= 0.3 is 0 Å². The Bertz CT molecular complexity index is 624. The Labute approximate surface area is 107 Å². The van der Waals surface area contributed by atoms with Crippen molar-refractivity contribution in [3.63, 3.8) is 0 Å². The Morgan fingerprint density at radius 1 is 1.11 bits per heavy atom. The summed E-state index contributed by atoms with van der Waals surface area (Å²) in [5.41, 5.74) is 4.83. The lowest BCUT2D eigenvalue weighted by Crippen LogP contribution is -1.98. The molecule has 0 bridgehead atoms. The molecule has 18 heavy (non-hydrogen) atoms. The van der Waals surface area contributed by atoms with Crippen molar-refractivity contribution in [3.05, 3.63) is 52.7 Å². The van der Waals surface area contributed by atoms with Gasteiger partial charge in [0.05, 0.1) is 11.6 Å².